The van der Waals surface area contributed by atoms with Crippen LogP contribution >= 0.6 is 0 Å². The Kier molecular flexibility index (Phi) is 1.90. The number of phenolic OH excluding ortho intramolecular Hbond substituents is 2. The maximum atomic E-state index is 9.92. The highest BCUT2D eigenvalue weighted by atomic mass is 16.3. The number of aromatic hydroxyl groups is 2. The van der Waals surface area contributed by atoms with Gasteiger partial charge >= 0.3 is 0 Å². The molecular weight excluding hydrogens is 200 g/mol. The Morgan fingerprint density at radius 1 is 0.688 bits per heavy atom. The first-order valence-corrected chi connectivity index (χ1v) is 5.39. The van der Waals surface area contributed by atoms with E-state index in [4.69, 9.17) is 0 Å². The molecule has 0 saturated carbocycles. The Balaban J connectivity index is 2.37. The molecule has 0 aliphatic heterocycles. The minimum Gasteiger partial charge on any atom is -0.507 e. The van der Waals surface area contributed by atoms with E-state index in [0.29, 0.717) is 0 Å². The van der Waals surface area contributed by atoms with Crippen LogP contribution in [-0.4, -0.2) is 10.2 Å². The normalized spacial score (nSPS) is 13.0. The van der Waals surface area contributed by atoms with Crippen LogP contribution in [0.4, 0.5) is 0 Å². The Labute approximate surface area is 93.8 Å². The molecule has 2 aromatic carbocycles. The lowest BCUT2D eigenvalue weighted by molar-refractivity contribution is 0.467. The van der Waals surface area contributed by atoms with Crippen LogP contribution < -0.4 is 0 Å². The highest BCUT2D eigenvalue weighted by Gasteiger charge is 2.21. The van der Waals surface area contributed by atoms with Crippen molar-refractivity contribution < 1.29 is 10.2 Å². The van der Waals surface area contributed by atoms with E-state index in [1.165, 1.54) is 0 Å². The third-order valence-corrected chi connectivity index (χ3v) is 3.17. The Hall–Kier alpha value is -1.96. The van der Waals surface area contributed by atoms with E-state index in [9.17, 15) is 10.2 Å². The van der Waals surface area contributed by atoms with Gasteiger partial charge in [0.05, 0.1) is 0 Å². The topological polar surface area (TPSA) is 40.5 Å². The van der Waals surface area contributed by atoms with Gasteiger partial charge in [-0.1, -0.05) is 24.3 Å². The van der Waals surface area contributed by atoms with Gasteiger partial charge in [0.1, 0.15) is 11.5 Å². The van der Waals surface area contributed by atoms with E-state index < -0.39 is 0 Å². The van der Waals surface area contributed by atoms with Crippen LogP contribution in [0.25, 0.3) is 11.1 Å². The van der Waals surface area contributed by atoms with Gasteiger partial charge < -0.3 is 10.2 Å². The van der Waals surface area contributed by atoms with Crippen molar-refractivity contribution in [1.82, 2.24) is 0 Å². The lowest BCUT2D eigenvalue weighted by Crippen LogP contribution is -2.03. The molecule has 0 amide bonds. The van der Waals surface area contributed by atoms with Gasteiger partial charge in [0.2, 0.25) is 0 Å². The molecule has 0 unspecified atom stereocenters. The number of aryl methyl sites for hydroxylation is 2. The number of phenols is 2. The molecule has 1 aliphatic rings. The summed E-state index contributed by atoms with van der Waals surface area (Å²) < 4.78 is 0. The van der Waals surface area contributed by atoms with Crippen molar-refractivity contribution in [1.29, 1.82) is 0 Å². The first-order chi connectivity index (χ1) is 7.77. The minimum atomic E-state index is 0.250. The van der Waals surface area contributed by atoms with E-state index in [1.54, 1.807) is 12.1 Å². The van der Waals surface area contributed by atoms with Crippen LogP contribution in [0.2, 0.25) is 0 Å². The lowest BCUT2D eigenvalue weighted by atomic mass is 9.84. The lowest BCUT2D eigenvalue weighted by Gasteiger charge is -2.21. The summed E-state index contributed by atoms with van der Waals surface area (Å²) in [5.74, 6) is 0.500. The third-order valence-electron chi connectivity index (χ3n) is 3.17. The fourth-order valence-corrected chi connectivity index (χ4v) is 2.44. The van der Waals surface area contributed by atoms with Crippen molar-refractivity contribution in [2.24, 2.45) is 0 Å². The second kappa shape index (κ2) is 3.27. The molecular formula is C14H12O2. The fraction of sp³-hybridized carbons (Fsp3) is 0.143. The molecule has 2 nitrogen and oxygen atoms in total. The maximum Gasteiger partial charge on any atom is 0.123 e. The van der Waals surface area contributed by atoms with Crippen molar-refractivity contribution in [2.75, 3.05) is 0 Å². The summed E-state index contributed by atoms with van der Waals surface area (Å²) in [7, 11) is 0. The zero-order valence-electron chi connectivity index (χ0n) is 8.77. The molecule has 0 aromatic heterocycles. The van der Waals surface area contributed by atoms with E-state index in [2.05, 4.69) is 0 Å². The second-order valence-electron chi connectivity index (χ2n) is 4.12. The quantitative estimate of drug-likeness (QED) is 0.705. The maximum absolute atomic E-state index is 9.92. The largest absolute Gasteiger partial charge is 0.507 e. The molecule has 0 saturated heterocycles. The van der Waals surface area contributed by atoms with Gasteiger partial charge in [-0.2, -0.15) is 0 Å². The summed E-state index contributed by atoms with van der Waals surface area (Å²) in [4.78, 5) is 0. The highest BCUT2D eigenvalue weighted by Crippen LogP contribution is 2.43. The summed E-state index contributed by atoms with van der Waals surface area (Å²) in [5, 5.41) is 19.8. The summed E-state index contributed by atoms with van der Waals surface area (Å²) in [5.41, 5.74) is 3.80. The van der Waals surface area contributed by atoms with Gasteiger partial charge in [0.25, 0.3) is 0 Å². The van der Waals surface area contributed by atoms with Gasteiger partial charge in [-0.25, -0.2) is 0 Å². The Bertz CT molecular complexity index is 507. The zero-order chi connectivity index (χ0) is 11.1. The first-order valence-electron chi connectivity index (χ1n) is 5.39. The smallest absolute Gasteiger partial charge is 0.123 e. The van der Waals surface area contributed by atoms with Gasteiger partial charge in [-0.05, 0) is 36.1 Å². The SMILES string of the molecule is Oc1cccc2c1-c1c(O)cccc1CC2. The summed E-state index contributed by atoms with van der Waals surface area (Å²) in [6.45, 7) is 0. The monoisotopic (exact) mass is 212 g/mol. The molecule has 1 aliphatic carbocycles. The van der Waals surface area contributed by atoms with Crippen LogP contribution in [0.5, 0.6) is 11.5 Å². The van der Waals surface area contributed by atoms with Gasteiger partial charge in [-0.15, -0.1) is 0 Å². The van der Waals surface area contributed by atoms with Crippen LogP contribution in [-0.2, 0) is 12.8 Å². The molecule has 80 valence electrons. The third kappa shape index (κ3) is 1.20. The summed E-state index contributed by atoms with van der Waals surface area (Å²) in [6.07, 6.45) is 1.83. The fourth-order valence-electron chi connectivity index (χ4n) is 2.44. The van der Waals surface area contributed by atoms with Crippen LogP contribution in [0.1, 0.15) is 11.1 Å². The molecule has 0 radical (unpaired) electrons. The average molecular weight is 212 g/mol. The number of benzene rings is 2. The average Bonchev–Trinajstić information content (AvgIpc) is 2.29. The van der Waals surface area contributed by atoms with Crippen molar-refractivity contribution in [3.05, 3.63) is 47.5 Å². The standard InChI is InChI=1S/C14H12O2/c15-11-5-1-3-9-7-8-10-4-2-6-12(16)14(10)13(9)11/h1-6,15-16H,7-8H2. The molecule has 0 heterocycles. The molecule has 0 bridgehead atoms. The van der Waals surface area contributed by atoms with E-state index in [1.807, 2.05) is 24.3 Å². The Morgan fingerprint density at radius 2 is 1.12 bits per heavy atom. The van der Waals surface area contributed by atoms with Crippen LogP contribution in [0.3, 0.4) is 0 Å². The van der Waals surface area contributed by atoms with Crippen molar-refractivity contribution in [3.63, 3.8) is 0 Å². The summed E-state index contributed by atoms with van der Waals surface area (Å²) in [6, 6.07) is 11.0. The van der Waals surface area contributed by atoms with Crippen molar-refractivity contribution in [3.8, 4) is 22.6 Å². The van der Waals surface area contributed by atoms with Crippen LogP contribution in [0.15, 0.2) is 36.4 Å². The Morgan fingerprint density at radius 3 is 1.56 bits per heavy atom. The second-order valence-corrected chi connectivity index (χ2v) is 4.12. The molecule has 0 atom stereocenters. The van der Waals surface area contributed by atoms with Gasteiger partial charge in [0.15, 0.2) is 0 Å². The molecule has 16 heavy (non-hydrogen) atoms. The number of rotatable bonds is 0. The van der Waals surface area contributed by atoms with E-state index >= 15 is 0 Å². The molecule has 2 N–H and O–H groups in total. The first kappa shape index (κ1) is 9.28. The van der Waals surface area contributed by atoms with Crippen molar-refractivity contribution >= 4 is 0 Å². The number of fused-ring (bicyclic) bond motifs is 3. The highest BCUT2D eigenvalue weighted by molar-refractivity contribution is 5.82. The molecule has 2 aromatic rings. The van der Waals surface area contributed by atoms with Gasteiger partial charge in [0, 0.05) is 11.1 Å². The summed E-state index contributed by atoms with van der Waals surface area (Å²) >= 11 is 0. The molecule has 0 spiro atoms. The van der Waals surface area contributed by atoms with E-state index in [-0.39, 0.29) is 11.5 Å². The predicted molar refractivity (Wildman–Crippen MR) is 62.6 cm³/mol. The number of hydrogen-bond donors (Lipinski definition) is 2. The molecule has 2 heteroatoms. The predicted octanol–water partition coefficient (Wildman–Crippen LogP) is 2.86. The van der Waals surface area contributed by atoms with E-state index in [0.717, 1.165) is 35.1 Å². The molecule has 3 rings (SSSR count). The minimum absolute atomic E-state index is 0.250. The molecule has 0 fully saturated rings. The van der Waals surface area contributed by atoms with Crippen molar-refractivity contribution in [2.45, 2.75) is 12.8 Å². The van der Waals surface area contributed by atoms with Gasteiger partial charge in [-0.3, -0.25) is 0 Å². The number of hydrogen-bond acceptors (Lipinski definition) is 2. The zero-order valence-corrected chi connectivity index (χ0v) is 8.77. The van der Waals surface area contributed by atoms with Crippen LogP contribution in [0, 0.1) is 0 Å².